The molecule has 1 saturated carbocycles. The SMILES string of the molecule is FCCCC1CCC(CCc2cc(F)cc(F)c2)CC1. The Morgan fingerprint density at radius 3 is 1.95 bits per heavy atom. The molecule has 0 nitrogen and oxygen atoms in total. The maximum absolute atomic E-state index is 13.1. The summed E-state index contributed by atoms with van der Waals surface area (Å²) >= 11 is 0. The van der Waals surface area contributed by atoms with E-state index in [1.807, 2.05) is 0 Å². The van der Waals surface area contributed by atoms with E-state index in [-0.39, 0.29) is 6.67 Å². The highest BCUT2D eigenvalue weighted by Crippen LogP contribution is 2.33. The van der Waals surface area contributed by atoms with Crippen LogP contribution in [0.4, 0.5) is 13.2 Å². The highest BCUT2D eigenvalue weighted by Gasteiger charge is 2.20. The minimum atomic E-state index is -0.491. The first-order valence-corrected chi connectivity index (χ1v) is 7.68. The smallest absolute Gasteiger partial charge is 0.126 e. The molecule has 0 aliphatic heterocycles. The first-order valence-electron chi connectivity index (χ1n) is 7.68. The van der Waals surface area contributed by atoms with E-state index in [1.54, 1.807) is 0 Å². The second-order valence-corrected chi connectivity index (χ2v) is 6.03. The topological polar surface area (TPSA) is 0 Å². The number of benzene rings is 1. The van der Waals surface area contributed by atoms with E-state index >= 15 is 0 Å². The van der Waals surface area contributed by atoms with Gasteiger partial charge in [-0.05, 0) is 55.2 Å². The average Bonchev–Trinajstić information content (AvgIpc) is 2.43. The quantitative estimate of drug-likeness (QED) is 0.651. The molecule has 20 heavy (non-hydrogen) atoms. The number of hydrogen-bond acceptors (Lipinski definition) is 0. The van der Waals surface area contributed by atoms with E-state index in [0.717, 1.165) is 30.9 Å². The van der Waals surface area contributed by atoms with Crippen molar-refractivity contribution < 1.29 is 13.2 Å². The van der Waals surface area contributed by atoms with Gasteiger partial charge in [-0.2, -0.15) is 0 Å². The highest BCUT2D eigenvalue weighted by atomic mass is 19.1. The van der Waals surface area contributed by atoms with Crippen LogP contribution in [-0.2, 0) is 6.42 Å². The Kier molecular flexibility index (Phi) is 5.93. The standard InChI is InChI=1S/C17H23F3/c18-9-1-2-13-3-5-14(6-4-13)7-8-15-10-16(19)12-17(20)11-15/h10-14H,1-9H2. The zero-order valence-corrected chi connectivity index (χ0v) is 11.9. The summed E-state index contributed by atoms with van der Waals surface area (Å²) in [7, 11) is 0. The van der Waals surface area contributed by atoms with E-state index in [0.29, 0.717) is 18.3 Å². The van der Waals surface area contributed by atoms with E-state index in [2.05, 4.69) is 0 Å². The molecule has 0 unspecified atom stereocenters. The van der Waals surface area contributed by atoms with Crippen molar-refractivity contribution in [3.05, 3.63) is 35.4 Å². The van der Waals surface area contributed by atoms with Crippen molar-refractivity contribution in [2.45, 2.75) is 51.4 Å². The molecule has 0 atom stereocenters. The van der Waals surface area contributed by atoms with Crippen LogP contribution in [0.3, 0.4) is 0 Å². The van der Waals surface area contributed by atoms with Crippen molar-refractivity contribution in [3.8, 4) is 0 Å². The molecule has 0 amide bonds. The van der Waals surface area contributed by atoms with Gasteiger partial charge in [0.2, 0.25) is 0 Å². The average molecular weight is 284 g/mol. The normalized spacial score (nSPS) is 22.9. The molecule has 1 aromatic carbocycles. The summed E-state index contributed by atoms with van der Waals surface area (Å²) in [5.41, 5.74) is 0.752. The van der Waals surface area contributed by atoms with Crippen molar-refractivity contribution in [2.75, 3.05) is 6.67 Å². The van der Waals surface area contributed by atoms with Gasteiger partial charge in [0.15, 0.2) is 0 Å². The number of aryl methyl sites for hydroxylation is 1. The monoisotopic (exact) mass is 284 g/mol. The maximum Gasteiger partial charge on any atom is 0.126 e. The molecule has 112 valence electrons. The maximum atomic E-state index is 13.1. The lowest BCUT2D eigenvalue weighted by atomic mass is 9.78. The van der Waals surface area contributed by atoms with Gasteiger partial charge in [-0.25, -0.2) is 8.78 Å². The summed E-state index contributed by atoms with van der Waals surface area (Å²) in [6.45, 7) is -0.203. The zero-order valence-electron chi connectivity index (χ0n) is 11.9. The Bertz CT molecular complexity index is 388. The van der Waals surface area contributed by atoms with Gasteiger partial charge < -0.3 is 0 Å². The molecule has 0 bridgehead atoms. The molecule has 0 radical (unpaired) electrons. The molecule has 0 aromatic heterocycles. The molecule has 1 aliphatic carbocycles. The Labute approximate surface area is 119 Å². The molecule has 0 saturated heterocycles. The van der Waals surface area contributed by atoms with Gasteiger partial charge in [-0.3, -0.25) is 4.39 Å². The second kappa shape index (κ2) is 7.70. The van der Waals surface area contributed by atoms with Crippen molar-refractivity contribution in [1.29, 1.82) is 0 Å². The van der Waals surface area contributed by atoms with E-state index < -0.39 is 11.6 Å². The Hall–Kier alpha value is -0.990. The molecular formula is C17H23F3. The number of alkyl halides is 1. The third kappa shape index (κ3) is 4.84. The molecule has 0 N–H and O–H groups in total. The summed E-state index contributed by atoms with van der Waals surface area (Å²) < 4.78 is 38.3. The summed E-state index contributed by atoms with van der Waals surface area (Å²) in [6, 6.07) is 3.77. The fourth-order valence-corrected chi connectivity index (χ4v) is 3.30. The molecule has 2 rings (SSSR count). The van der Waals surface area contributed by atoms with Crippen LogP contribution in [0, 0.1) is 23.5 Å². The van der Waals surface area contributed by atoms with Crippen LogP contribution in [0.15, 0.2) is 18.2 Å². The summed E-state index contributed by atoms with van der Waals surface area (Å²) in [4.78, 5) is 0. The molecule has 3 heteroatoms. The Balaban J connectivity index is 1.73. The fraction of sp³-hybridized carbons (Fsp3) is 0.647. The predicted molar refractivity (Wildman–Crippen MR) is 75.3 cm³/mol. The van der Waals surface area contributed by atoms with Crippen molar-refractivity contribution in [2.24, 2.45) is 11.8 Å². The van der Waals surface area contributed by atoms with Crippen LogP contribution in [0.25, 0.3) is 0 Å². The van der Waals surface area contributed by atoms with Crippen molar-refractivity contribution >= 4 is 0 Å². The first-order chi connectivity index (χ1) is 9.67. The Morgan fingerprint density at radius 1 is 0.850 bits per heavy atom. The minimum Gasteiger partial charge on any atom is -0.251 e. The molecule has 0 spiro atoms. The number of hydrogen-bond donors (Lipinski definition) is 0. The van der Waals surface area contributed by atoms with E-state index in [1.165, 1.54) is 37.8 Å². The minimum absolute atomic E-state index is 0.203. The van der Waals surface area contributed by atoms with Crippen LogP contribution < -0.4 is 0 Å². The van der Waals surface area contributed by atoms with Crippen LogP contribution >= 0.6 is 0 Å². The lowest BCUT2D eigenvalue weighted by Gasteiger charge is -2.28. The Morgan fingerprint density at radius 2 is 1.40 bits per heavy atom. The lowest BCUT2D eigenvalue weighted by molar-refractivity contribution is 0.245. The summed E-state index contributed by atoms with van der Waals surface area (Å²) in [5, 5.41) is 0. The zero-order chi connectivity index (χ0) is 14.4. The van der Waals surface area contributed by atoms with Crippen LogP contribution in [0.2, 0.25) is 0 Å². The van der Waals surface area contributed by atoms with E-state index in [9.17, 15) is 13.2 Å². The van der Waals surface area contributed by atoms with Crippen LogP contribution in [-0.4, -0.2) is 6.67 Å². The molecular weight excluding hydrogens is 261 g/mol. The highest BCUT2D eigenvalue weighted by molar-refractivity contribution is 5.18. The van der Waals surface area contributed by atoms with Gasteiger partial charge >= 0.3 is 0 Å². The third-order valence-electron chi connectivity index (χ3n) is 4.48. The van der Waals surface area contributed by atoms with Crippen LogP contribution in [0.1, 0.15) is 50.5 Å². The largest absolute Gasteiger partial charge is 0.251 e. The summed E-state index contributed by atoms with van der Waals surface area (Å²) in [5.74, 6) is 0.362. The van der Waals surface area contributed by atoms with E-state index in [4.69, 9.17) is 0 Å². The first kappa shape index (κ1) is 15.4. The third-order valence-corrected chi connectivity index (χ3v) is 4.48. The summed E-state index contributed by atoms with van der Waals surface area (Å²) in [6.07, 6.45) is 8.16. The van der Waals surface area contributed by atoms with Gasteiger partial charge in [0.25, 0.3) is 0 Å². The molecule has 1 aliphatic rings. The lowest BCUT2D eigenvalue weighted by Crippen LogP contribution is -2.15. The second-order valence-electron chi connectivity index (χ2n) is 6.03. The molecule has 1 fully saturated rings. The van der Waals surface area contributed by atoms with Crippen molar-refractivity contribution in [3.63, 3.8) is 0 Å². The molecule has 1 aromatic rings. The number of rotatable bonds is 6. The van der Waals surface area contributed by atoms with Gasteiger partial charge in [-0.15, -0.1) is 0 Å². The molecule has 0 heterocycles. The van der Waals surface area contributed by atoms with Crippen LogP contribution in [0.5, 0.6) is 0 Å². The van der Waals surface area contributed by atoms with Crippen molar-refractivity contribution in [1.82, 2.24) is 0 Å². The van der Waals surface area contributed by atoms with Gasteiger partial charge in [0.1, 0.15) is 11.6 Å². The number of halogens is 3. The fourth-order valence-electron chi connectivity index (χ4n) is 3.30. The van der Waals surface area contributed by atoms with Gasteiger partial charge in [0.05, 0.1) is 6.67 Å². The van der Waals surface area contributed by atoms with Gasteiger partial charge in [0, 0.05) is 6.07 Å². The van der Waals surface area contributed by atoms with Gasteiger partial charge in [-0.1, -0.05) is 25.7 Å². The predicted octanol–water partition coefficient (Wildman–Crippen LogP) is 5.45.